The Kier molecular flexibility index (Phi) is 4.97. The molecule has 1 saturated heterocycles. The number of esters is 1. The van der Waals surface area contributed by atoms with Gasteiger partial charge in [-0.05, 0) is 29.3 Å². The van der Waals surface area contributed by atoms with Gasteiger partial charge in [0.05, 0.1) is 17.7 Å². The lowest BCUT2D eigenvalue weighted by Gasteiger charge is -2.13. The van der Waals surface area contributed by atoms with E-state index in [0.717, 1.165) is 12.1 Å². The van der Waals surface area contributed by atoms with Crippen molar-refractivity contribution in [2.75, 3.05) is 13.2 Å². The Bertz CT molecular complexity index is 816. The van der Waals surface area contributed by atoms with Gasteiger partial charge in [-0.15, -0.1) is 0 Å². The number of hydrogen-bond donors (Lipinski definition) is 1. The Morgan fingerprint density at radius 1 is 1.12 bits per heavy atom. The highest BCUT2D eigenvalue weighted by Crippen LogP contribution is 2.32. The molecular formula is C19H16F3NO3. The Labute approximate surface area is 148 Å². The van der Waals surface area contributed by atoms with Crippen LogP contribution in [0.25, 0.3) is 11.1 Å². The first-order valence-corrected chi connectivity index (χ1v) is 8.05. The molecule has 0 radical (unpaired) electrons. The summed E-state index contributed by atoms with van der Waals surface area (Å²) >= 11 is 0. The van der Waals surface area contributed by atoms with Crippen LogP contribution < -0.4 is 5.32 Å². The van der Waals surface area contributed by atoms with Crippen LogP contribution >= 0.6 is 0 Å². The van der Waals surface area contributed by atoms with Crippen molar-refractivity contribution in [3.8, 4) is 11.1 Å². The molecule has 0 bridgehead atoms. The van der Waals surface area contributed by atoms with E-state index in [0.29, 0.717) is 24.1 Å². The summed E-state index contributed by atoms with van der Waals surface area (Å²) in [5, 5.41) is 2.67. The Morgan fingerprint density at radius 2 is 1.81 bits per heavy atom. The van der Waals surface area contributed by atoms with E-state index >= 15 is 0 Å². The molecule has 1 fully saturated rings. The van der Waals surface area contributed by atoms with Crippen molar-refractivity contribution >= 4 is 11.9 Å². The predicted molar refractivity (Wildman–Crippen MR) is 88.3 cm³/mol. The lowest BCUT2D eigenvalue weighted by Crippen LogP contribution is -2.18. The van der Waals surface area contributed by atoms with E-state index < -0.39 is 17.7 Å². The molecule has 1 atom stereocenters. The van der Waals surface area contributed by atoms with Crippen LogP contribution in [0.5, 0.6) is 0 Å². The topological polar surface area (TPSA) is 55.4 Å². The molecule has 0 spiro atoms. The third kappa shape index (κ3) is 4.04. The molecule has 1 heterocycles. The zero-order valence-electron chi connectivity index (χ0n) is 13.7. The molecule has 1 amide bonds. The van der Waals surface area contributed by atoms with Gasteiger partial charge in [-0.3, -0.25) is 4.79 Å². The fourth-order valence-corrected chi connectivity index (χ4v) is 2.81. The summed E-state index contributed by atoms with van der Waals surface area (Å²) in [6, 6.07) is 11.2. The maximum atomic E-state index is 12.7. The van der Waals surface area contributed by atoms with Gasteiger partial charge in [-0.1, -0.05) is 30.3 Å². The molecular weight excluding hydrogens is 347 g/mol. The van der Waals surface area contributed by atoms with E-state index in [1.54, 1.807) is 24.3 Å². The summed E-state index contributed by atoms with van der Waals surface area (Å²) in [6.07, 6.45) is -4.10. The number of carbonyl (C=O) groups is 2. The molecule has 0 aliphatic carbocycles. The van der Waals surface area contributed by atoms with Gasteiger partial charge in [-0.25, -0.2) is 4.79 Å². The van der Waals surface area contributed by atoms with Crippen LogP contribution in [0, 0.1) is 5.92 Å². The molecule has 4 nitrogen and oxygen atoms in total. The zero-order chi connectivity index (χ0) is 18.7. The monoisotopic (exact) mass is 363 g/mol. The van der Waals surface area contributed by atoms with Crippen LogP contribution in [0.2, 0.25) is 0 Å². The van der Waals surface area contributed by atoms with E-state index in [1.165, 1.54) is 12.1 Å². The quantitative estimate of drug-likeness (QED) is 0.844. The molecule has 1 unspecified atom stereocenters. The van der Waals surface area contributed by atoms with Crippen molar-refractivity contribution in [1.29, 1.82) is 0 Å². The molecule has 1 aliphatic heterocycles. The smallest absolute Gasteiger partial charge is 0.416 e. The van der Waals surface area contributed by atoms with E-state index in [-0.39, 0.29) is 24.0 Å². The Hall–Kier alpha value is -2.83. The SMILES string of the molecule is O=C1CC(COC(=O)c2ccccc2-c2ccc(C(F)(F)F)cc2)CN1. The van der Waals surface area contributed by atoms with Gasteiger partial charge < -0.3 is 10.1 Å². The number of alkyl halides is 3. The highest BCUT2D eigenvalue weighted by molar-refractivity contribution is 5.97. The van der Waals surface area contributed by atoms with Crippen molar-refractivity contribution in [1.82, 2.24) is 5.32 Å². The average Bonchev–Trinajstić information content (AvgIpc) is 3.04. The fourth-order valence-electron chi connectivity index (χ4n) is 2.81. The first kappa shape index (κ1) is 18.0. The molecule has 0 saturated carbocycles. The van der Waals surface area contributed by atoms with Crippen LogP contribution in [0.1, 0.15) is 22.3 Å². The number of nitrogens with one attached hydrogen (secondary N) is 1. The summed E-state index contributed by atoms with van der Waals surface area (Å²) in [6.45, 7) is 0.575. The number of carbonyl (C=O) groups excluding carboxylic acids is 2. The second kappa shape index (κ2) is 7.19. The zero-order valence-corrected chi connectivity index (χ0v) is 13.7. The highest BCUT2D eigenvalue weighted by atomic mass is 19.4. The van der Waals surface area contributed by atoms with Gasteiger partial charge in [0.15, 0.2) is 0 Å². The number of halogens is 3. The van der Waals surface area contributed by atoms with Gasteiger partial charge in [-0.2, -0.15) is 13.2 Å². The second-order valence-corrected chi connectivity index (χ2v) is 6.09. The molecule has 2 aromatic carbocycles. The molecule has 1 N–H and O–H groups in total. The summed E-state index contributed by atoms with van der Waals surface area (Å²) in [7, 11) is 0. The van der Waals surface area contributed by atoms with Crippen LogP contribution in [-0.2, 0) is 15.7 Å². The van der Waals surface area contributed by atoms with Crippen LogP contribution in [0.4, 0.5) is 13.2 Å². The minimum Gasteiger partial charge on any atom is -0.462 e. The van der Waals surface area contributed by atoms with Gasteiger partial charge in [0, 0.05) is 18.9 Å². The Morgan fingerprint density at radius 3 is 2.42 bits per heavy atom. The second-order valence-electron chi connectivity index (χ2n) is 6.09. The molecule has 136 valence electrons. The van der Waals surface area contributed by atoms with Crippen molar-refractivity contribution in [2.24, 2.45) is 5.92 Å². The molecule has 3 rings (SSSR count). The van der Waals surface area contributed by atoms with Crippen molar-refractivity contribution in [3.63, 3.8) is 0 Å². The molecule has 7 heteroatoms. The van der Waals surface area contributed by atoms with Gasteiger partial charge in [0.1, 0.15) is 0 Å². The normalized spacial score (nSPS) is 17.0. The number of rotatable bonds is 4. The fraction of sp³-hybridized carbons (Fsp3) is 0.263. The van der Waals surface area contributed by atoms with Gasteiger partial charge in [0.25, 0.3) is 0 Å². The van der Waals surface area contributed by atoms with Crippen LogP contribution in [0.15, 0.2) is 48.5 Å². The third-order valence-corrected chi connectivity index (χ3v) is 4.18. The summed E-state index contributed by atoms with van der Waals surface area (Å²) in [5.41, 5.74) is 0.499. The number of amides is 1. The van der Waals surface area contributed by atoms with Gasteiger partial charge in [0.2, 0.25) is 5.91 Å². The van der Waals surface area contributed by atoms with Crippen molar-refractivity contribution in [3.05, 3.63) is 59.7 Å². The number of ether oxygens (including phenoxy) is 1. The number of hydrogen-bond acceptors (Lipinski definition) is 3. The van der Waals surface area contributed by atoms with Gasteiger partial charge >= 0.3 is 12.1 Å². The maximum absolute atomic E-state index is 12.7. The summed E-state index contributed by atoms with van der Waals surface area (Å²) in [4.78, 5) is 23.6. The summed E-state index contributed by atoms with van der Waals surface area (Å²) < 4.78 is 43.4. The molecule has 1 aliphatic rings. The van der Waals surface area contributed by atoms with E-state index in [4.69, 9.17) is 4.74 Å². The van der Waals surface area contributed by atoms with E-state index in [9.17, 15) is 22.8 Å². The van der Waals surface area contributed by atoms with Crippen molar-refractivity contribution in [2.45, 2.75) is 12.6 Å². The molecule has 26 heavy (non-hydrogen) atoms. The highest BCUT2D eigenvalue weighted by Gasteiger charge is 2.30. The maximum Gasteiger partial charge on any atom is 0.416 e. The average molecular weight is 363 g/mol. The van der Waals surface area contributed by atoms with Crippen molar-refractivity contribution < 1.29 is 27.5 Å². The number of benzene rings is 2. The largest absolute Gasteiger partial charge is 0.462 e. The minimum absolute atomic E-state index is 0.0651. The minimum atomic E-state index is -4.41. The Balaban J connectivity index is 1.77. The predicted octanol–water partition coefficient (Wildman–Crippen LogP) is 3.67. The van der Waals surface area contributed by atoms with E-state index in [1.807, 2.05) is 0 Å². The lowest BCUT2D eigenvalue weighted by atomic mass is 9.98. The summed E-state index contributed by atoms with van der Waals surface area (Å²) in [5.74, 6) is -0.708. The molecule has 2 aromatic rings. The standard InChI is InChI=1S/C19H16F3NO3/c20-19(21,22)14-7-5-13(6-8-14)15-3-1-2-4-16(15)18(25)26-11-12-9-17(24)23-10-12/h1-8,12H,9-11H2,(H,23,24). The molecule has 0 aromatic heterocycles. The van der Waals surface area contributed by atoms with Crippen LogP contribution in [-0.4, -0.2) is 25.0 Å². The third-order valence-electron chi connectivity index (χ3n) is 4.18. The first-order chi connectivity index (χ1) is 12.3. The van der Waals surface area contributed by atoms with Crippen LogP contribution in [0.3, 0.4) is 0 Å². The van der Waals surface area contributed by atoms with E-state index in [2.05, 4.69) is 5.32 Å². The first-order valence-electron chi connectivity index (χ1n) is 8.05. The lowest BCUT2D eigenvalue weighted by molar-refractivity contribution is -0.137.